The van der Waals surface area contributed by atoms with Gasteiger partial charge in [-0.3, -0.25) is 9.59 Å². The van der Waals surface area contributed by atoms with Crippen LogP contribution in [0.3, 0.4) is 0 Å². The van der Waals surface area contributed by atoms with E-state index in [1.165, 1.54) is 0 Å². The second kappa shape index (κ2) is 6.79. The molecule has 1 aliphatic carbocycles. The number of para-hydroxylation sites is 1. The summed E-state index contributed by atoms with van der Waals surface area (Å²) in [4.78, 5) is 27.0. The van der Waals surface area contributed by atoms with Crippen LogP contribution in [0.4, 0.5) is 25.8 Å². The highest BCUT2D eigenvalue weighted by molar-refractivity contribution is 5.95. The molecule has 27 heavy (non-hydrogen) atoms. The van der Waals surface area contributed by atoms with Crippen molar-refractivity contribution in [3.8, 4) is 0 Å². The summed E-state index contributed by atoms with van der Waals surface area (Å²) in [6.07, 6.45) is 3.34. The molecule has 3 N–H and O–H groups in total. The number of aromatic nitrogens is 1. The summed E-state index contributed by atoms with van der Waals surface area (Å²) in [6, 6.07) is 7.66. The first-order valence-electron chi connectivity index (χ1n) is 9.23. The molecule has 0 amide bonds. The van der Waals surface area contributed by atoms with E-state index in [-0.39, 0.29) is 30.1 Å². The van der Waals surface area contributed by atoms with Crippen molar-refractivity contribution in [1.82, 2.24) is 4.98 Å². The molecule has 5 nitrogen and oxygen atoms in total. The normalized spacial score (nSPS) is 17.4. The van der Waals surface area contributed by atoms with Gasteiger partial charge in [-0.1, -0.05) is 18.2 Å². The number of rotatable bonds is 6. The van der Waals surface area contributed by atoms with Gasteiger partial charge in [0, 0.05) is 36.5 Å². The maximum absolute atomic E-state index is 13.2. The summed E-state index contributed by atoms with van der Waals surface area (Å²) in [7, 11) is 0. The molecule has 1 aromatic heterocycles. The summed E-state index contributed by atoms with van der Waals surface area (Å²) < 4.78 is 26.4. The predicted octanol–water partition coefficient (Wildman–Crippen LogP) is 4.14. The highest BCUT2D eigenvalue weighted by Gasteiger charge is 2.34. The third-order valence-electron chi connectivity index (χ3n) is 5.45. The van der Waals surface area contributed by atoms with E-state index in [1.807, 2.05) is 24.3 Å². The molecule has 0 saturated heterocycles. The Morgan fingerprint density at radius 1 is 1.07 bits per heavy atom. The standard InChI is InChI=1S/C20H21F2N3O2/c21-20(22)8-5-12(6-9-20)7-10-23-16-17(19(27)18(16)26)25-15-11-24-14-4-2-1-3-13(14)15/h1-4,11-12,23-25H,5-10H2. The molecule has 1 heterocycles. The Labute approximate surface area is 154 Å². The van der Waals surface area contributed by atoms with Crippen LogP contribution in [0.15, 0.2) is 40.1 Å². The van der Waals surface area contributed by atoms with Crippen molar-refractivity contribution in [2.24, 2.45) is 5.92 Å². The highest BCUT2D eigenvalue weighted by Crippen LogP contribution is 2.37. The lowest BCUT2D eigenvalue weighted by Crippen LogP contribution is -2.37. The maximum Gasteiger partial charge on any atom is 0.253 e. The Hall–Kier alpha value is -2.70. The fraction of sp³-hybridized carbons (Fsp3) is 0.400. The fourth-order valence-electron chi connectivity index (χ4n) is 3.78. The summed E-state index contributed by atoms with van der Waals surface area (Å²) in [5.74, 6) is -2.30. The maximum atomic E-state index is 13.2. The van der Waals surface area contributed by atoms with E-state index in [4.69, 9.17) is 0 Å². The molecule has 1 saturated carbocycles. The number of H-pyrrole nitrogens is 1. The smallest absolute Gasteiger partial charge is 0.253 e. The van der Waals surface area contributed by atoms with Crippen LogP contribution >= 0.6 is 0 Å². The molecular weight excluding hydrogens is 352 g/mol. The zero-order chi connectivity index (χ0) is 19.0. The van der Waals surface area contributed by atoms with Crippen LogP contribution in [0.1, 0.15) is 32.1 Å². The van der Waals surface area contributed by atoms with Crippen molar-refractivity contribution in [2.75, 3.05) is 17.2 Å². The van der Waals surface area contributed by atoms with Crippen LogP contribution in [-0.2, 0) is 0 Å². The van der Waals surface area contributed by atoms with Crippen LogP contribution < -0.4 is 21.5 Å². The molecule has 0 bridgehead atoms. The predicted molar refractivity (Wildman–Crippen MR) is 103 cm³/mol. The molecule has 2 aromatic carbocycles. The SMILES string of the molecule is O=c1c(NCCC2CCC(F)(F)CC2)c(Nc2c[nH]c3ccccc23)c1=O. The number of hydrogen-bond acceptors (Lipinski definition) is 4. The van der Waals surface area contributed by atoms with E-state index < -0.39 is 16.8 Å². The van der Waals surface area contributed by atoms with Crippen molar-refractivity contribution >= 4 is 28.0 Å². The van der Waals surface area contributed by atoms with Gasteiger partial charge in [-0.15, -0.1) is 0 Å². The third kappa shape index (κ3) is 3.46. The number of fused-ring (bicyclic) bond motifs is 1. The second-order valence-corrected chi connectivity index (χ2v) is 7.30. The molecule has 7 heteroatoms. The lowest BCUT2D eigenvalue weighted by Gasteiger charge is -2.28. The minimum absolute atomic E-state index is 0.0643. The minimum Gasteiger partial charge on any atom is -0.380 e. The van der Waals surface area contributed by atoms with Gasteiger partial charge in [0.2, 0.25) is 5.92 Å². The van der Waals surface area contributed by atoms with Gasteiger partial charge in [0.05, 0.1) is 5.69 Å². The molecule has 0 aliphatic heterocycles. The van der Waals surface area contributed by atoms with E-state index in [2.05, 4.69) is 15.6 Å². The van der Waals surface area contributed by atoms with Gasteiger partial charge < -0.3 is 15.6 Å². The minimum atomic E-state index is -2.53. The summed E-state index contributed by atoms with van der Waals surface area (Å²) in [5, 5.41) is 7.00. The number of halogens is 2. The summed E-state index contributed by atoms with van der Waals surface area (Å²) >= 11 is 0. The first-order chi connectivity index (χ1) is 12.9. The third-order valence-corrected chi connectivity index (χ3v) is 5.45. The number of aromatic amines is 1. The van der Waals surface area contributed by atoms with E-state index in [0.717, 1.165) is 16.6 Å². The number of anilines is 3. The monoisotopic (exact) mass is 373 g/mol. The first kappa shape index (κ1) is 17.7. The number of nitrogens with one attached hydrogen (secondary N) is 3. The largest absolute Gasteiger partial charge is 0.380 e. The molecule has 0 atom stereocenters. The Bertz CT molecular complexity index is 1020. The molecule has 0 unspecified atom stereocenters. The fourth-order valence-corrected chi connectivity index (χ4v) is 3.78. The number of benzene rings is 1. The molecule has 3 aromatic rings. The van der Waals surface area contributed by atoms with Gasteiger partial charge in [0.15, 0.2) is 0 Å². The van der Waals surface area contributed by atoms with Gasteiger partial charge in [0.1, 0.15) is 11.4 Å². The first-order valence-corrected chi connectivity index (χ1v) is 9.23. The van der Waals surface area contributed by atoms with E-state index in [9.17, 15) is 18.4 Å². The van der Waals surface area contributed by atoms with E-state index in [0.29, 0.717) is 25.8 Å². The molecule has 4 rings (SSSR count). The highest BCUT2D eigenvalue weighted by atomic mass is 19.3. The lowest BCUT2D eigenvalue weighted by molar-refractivity contribution is -0.0461. The van der Waals surface area contributed by atoms with E-state index in [1.54, 1.807) is 6.20 Å². The molecule has 1 fully saturated rings. The average molecular weight is 373 g/mol. The van der Waals surface area contributed by atoms with Crippen LogP contribution in [0, 0.1) is 5.92 Å². The Balaban J connectivity index is 1.39. The van der Waals surface area contributed by atoms with E-state index >= 15 is 0 Å². The molecule has 0 spiro atoms. The van der Waals surface area contributed by atoms with Crippen LogP contribution in [0.2, 0.25) is 0 Å². The Morgan fingerprint density at radius 2 is 1.78 bits per heavy atom. The molecule has 0 radical (unpaired) electrons. The van der Waals surface area contributed by atoms with Crippen molar-refractivity contribution in [2.45, 2.75) is 38.0 Å². The average Bonchev–Trinajstić information content (AvgIpc) is 3.08. The topological polar surface area (TPSA) is 74.0 Å². The van der Waals surface area contributed by atoms with Crippen molar-refractivity contribution in [1.29, 1.82) is 0 Å². The van der Waals surface area contributed by atoms with Crippen LogP contribution in [-0.4, -0.2) is 17.5 Å². The van der Waals surface area contributed by atoms with Gasteiger partial charge in [-0.05, 0) is 31.2 Å². The van der Waals surface area contributed by atoms with Crippen LogP contribution in [0.25, 0.3) is 10.9 Å². The van der Waals surface area contributed by atoms with Crippen molar-refractivity contribution in [3.05, 3.63) is 50.9 Å². The molecule has 1 aliphatic rings. The van der Waals surface area contributed by atoms with Crippen molar-refractivity contribution in [3.63, 3.8) is 0 Å². The zero-order valence-corrected chi connectivity index (χ0v) is 14.8. The quantitative estimate of drug-likeness (QED) is 0.568. The Morgan fingerprint density at radius 3 is 2.56 bits per heavy atom. The number of hydrogen-bond donors (Lipinski definition) is 3. The van der Waals surface area contributed by atoms with Gasteiger partial charge >= 0.3 is 0 Å². The zero-order valence-electron chi connectivity index (χ0n) is 14.8. The van der Waals surface area contributed by atoms with Crippen molar-refractivity contribution < 1.29 is 8.78 Å². The van der Waals surface area contributed by atoms with Gasteiger partial charge in [0.25, 0.3) is 10.9 Å². The Kier molecular flexibility index (Phi) is 4.45. The number of alkyl halides is 2. The lowest BCUT2D eigenvalue weighted by atomic mass is 9.85. The van der Waals surface area contributed by atoms with Gasteiger partial charge in [-0.2, -0.15) is 0 Å². The van der Waals surface area contributed by atoms with Gasteiger partial charge in [-0.25, -0.2) is 8.78 Å². The molecule has 142 valence electrons. The summed E-state index contributed by atoms with van der Waals surface area (Å²) in [5.41, 5.74) is 1.14. The second-order valence-electron chi connectivity index (χ2n) is 7.30. The summed E-state index contributed by atoms with van der Waals surface area (Å²) in [6.45, 7) is 0.490. The van der Waals surface area contributed by atoms with Crippen LogP contribution in [0.5, 0.6) is 0 Å². The molecular formula is C20H21F2N3O2.